The number of para-hydroxylation sites is 1. The molecule has 3 rings (SSSR count). The van der Waals surface area contributed by atoms with Crippen molar-refractivity contribution >= 4 is 45.1 Å². The quantitative estimate of drug-likeness (QED) is 0.691. The molecule has 1 heterocycles. The molecule has 2 amide bonds. The minimum atomic E-state index is -0.577. The van der Waals surface area contributed by atoms with E-state index in [4.69, 9.17) is 4.74 Å². The van der Waals surface area contributed by atoms with Crippen LogP contribution in [0, 0.1) is 5.92 Å². The average Bonchev–Trinajstić information content (AvgIpc) is 3.09. The highest BCUT2D eigenvalue weighted by molar-refractivity contribution is 9.10. The topological polar surface area (TPSA) is 75.7 Å². The van der Waals surface area contributed by atoms with Crippen LogP contribution < -0.4 is 10.2 Å². The molecule has 1 N–H and O–H groups in total. The number of nitrogens with one attached hydrogen (secondary N) is 1. The molecule has 1 saturated heterocycles. The molecule has 2 aromatic carbocycles. The minimum Gasteiger partial charge on any atom is -0.455 e. The molecule has 0 aromatic heterocycles. The maximum absolute atomic E-state index is 12.3. The van der Waals surface area contributed by atoms with Crippen LogP contribution in [0.4, 0.5) is 11.4 Å². The molecule has 1 atom stereocenters. The van der Waals surface area contributed by atoms with Gasteiger partial charge in [-0.2, -0.15) is 0 Å². The zero-order valence-electron chi connectivity index (χ0n) is 15.5. The highest BCUT2D eigenvalue weighted by Gasteiger charge is 2.36. The predicted octanol–water partition coefficient (Wildman–Crippen LogP) is 3.55. The van der Waals surface area contributed by atoms with Crippen molar-refractivity contribution in [1.29, 1.82) is 0 Å². The smallest absolute Gasteiger partial charge is 0.311 e. The van der Waals surface area contributed by atoms with Crippen LogP contribution in [-0.2, 0) is 25.5 Å². The van der Waals surface area contributed by atoms with Gasteiger partial charge in [0.1, 0.15) is 0 Å². The molecule has 146 valence electrons. The van der Waals surface area contributed by atoms with Crippen LogP contribution in [0.5, 0.6) is 0 Å². The molecule has 7 heteroatoms. The van der Waals surface area contributed by atoms with Gasteiger partial charge in [-0.05, 0) is 42.3 Å². The normalized spacial score (nSPS) is 16.1. The van der Waals surface area contributed by atoms with E-state index in [1.54, 1.807) is 4.90 Å². The van der Waals surface area contributed by atoms with Gasteiger partial charge in [-0.3, -0.25) is 14.4 Å². The number of rotatable bonds is 6. The number of aryl methyl sites for hydroxylation is 1. The number of carbonyl (C=O) groups excluding carboxylic acids is 3. The van der Waals surface area contributed by atoms with Crippen molar-refractivity contribution in [2.45, 2.75) is 19.8 Å². The van der Waals surface area contributed by atoms with Crippen LogP contribution in [0.25, 0.3) is 0 Å². The van der Waals surface area contributed by atoms with E-state index >= 15 is 0 Å². The van der Waals surface area contributed by atoms with Crippen molar-refractivity contribution < 1.29 is 19.1 Å². The Kier molecular flexibility index (Phi) is 6.46. The Labute approximate surface area is 172 Å². The monoisotopic (exact) mass is 444 g/mol. The summed E-state index contributed by atoms with van der Waals surface area (Å²) in [6.45, 7) is 1.87. The SMILES string of the molecule is CCc1ccccc1NC(=O)COC(=O)[C@@H]1CC(=O)N(c2ccc(Br)cc2)C1. The maximum Gasteiger partial charge on any atom is 0.311 e. The van der Waals surface area contributed by atoms with Crippen molar-refractivity contribution in [3.8, 4) is 0 Å². The fourth-order valence-corrected chi connectivity index (χ4v) is 3.39. The van der Waals surface area contributed by atoms with Gasteiger partial charge < -0.3 is 15.0 Å². The molecular formula is C21H21BrN2O4. The Balaban J connectivity index is 1.53. The fourth-order valence-electron chi connectivity index (χ4n) is 3.13. The summed E-state index contributed by atoms with van der Waals surface area (Å²) in [5, 5.41) is 2.76. The number of carbonyl (C=O) groups is 3. The van der Waals surface area contributed by atoms with Crippen molar-refractivity contribution in [3.05, 3.63) is 58.6 Å². The van der Waals surface area contributed by atoms with Gasteiger partial charge in [-0.25, -0.2) is 0 Å². The Morgan fingerprint density at radius 2 is 1.89 bits per heavy atom. The van der Waals surface area contributed by atoms with Gasteiger partial charge in [0.15, 0.2) is 6.61 Å². The molecule has 0 saturated carbocycles. The molecule has 1 aliphatic heterocycles. The second-order valence-corrected chi connectivity index (χ2v) is 7.46. The summed E-state index contributed by atoms with van der Waals surface area (Å²) in [4.78, 5) is 38.2. The van der Waals surface area contributed by atoms with Crippen molar-refractivity contribution in [2.24, 2.45) is 5.92 Å². The van der Waals surface area contributed by atoms with Crippen LogP contribution in [-0.4, -0.2) is 30.9 Å². The lowest BCUT2D eigenvalue weighted by Gasteiger charge is -2.16. The Morgan fingerprint density at radius 1 is 1.18 bits per heavy atom. The van der Waals surface area contributed by atoms with E-state index in [2.05, 4.69) is 21.2 Å². The largest absolute Gasteiger partial charge is 0.455 e. The van der Waals surface area contributed by atoms with Crippen LogP contribution >= 0.6 is 15.9 Å². The van der Waals surface area contributed by atoms with E-state index in [-0.39, 0.29) is 25.5 Å². The van der Waals surface area contributed by atoms with Gasteiger partial charge >= 0.3 is 5.97 Å². The number of hydrogen-bond donors (Lipinski definition) is 1. The number of amides is 2. The van der Waals surface area contributed by atoms with Crippen molar-refractivity contribution in [3.63, 3.8) is 0 Å². The number of benzene rings is 2. The summed E-state index contributed by atoms with van der Waals surface area (Å²) in [5.41, 5.74) is 2.45. The van der Waals surface area contributed by atoms with Gasteiger partial charge in [-0.1, -0.05) is 41.1 Å². The van der Waals surface area contributed by atoms with Gasteiger partial charge in [0.25, 0.3) is 5.91 Å². The van der Waals surface area contributed by atoms with Crippen molar-refractivity contribution in [2.75, 3.05) is 23.4 Å². The van der Waals surface area contributed by atoms with E-state index in [9.17, 15) is 14.4 Å². The van der Waals surface area contributed by atoms with E-state index in [1.807, 2.05) is 55.5 Å². The lowest BCUT2D eigenvalue weighted by Crippen LogP contribution is -2.28. The summed E-state index contributed by atoms with van der Waals surface area (Å²) in [6, 6.07) is 14.8. The lowest BCUT2D eigenvalue weighted by atomic mass is 10.1. The third-order valence-electron chi connectivity index (χ3n) is 4.61. The van der Waals surface area contributed by atoms with Crippen LogP contribution in [0.15, 0.2) is 53.0 Å². The molecule has 28 heavy (non-hydrogen) atoms. The Morgan fingerprint density at radius 3 is 2.61 bits per heavy atom. The van der Waals surface area contributed by atoms with Gasteiger partial charge in [0.05, 0.1) is 5.92 Å². The fraction of sp³-hybridized carbons (Fsp3) is 0.286. The summed E-state index contributed by atoms with van der Waals surface area (Å²) in [6.07, 6.45) is 0.863. The molecular weight excluding hydrogens is 424 g/mol. The molecule has 1 fully saturated rings. The molecule has 6 nitrogen and oxygen atoms in total. The third-order valence-corrected chi connectivity index (χ3v) is 5.14. The summed E-state index contributed by atoms with van der Waals surface area (Å²) < 4.78 is 6.06. The van der Waals surface area contributed by atoms with Gasteiger partial charge in [-0.15, -0.1) is 0 Å². The number of ether oxygens (including phenoxy) is 1. The Hall–Kier alpha value is -2.67. The lowest BCUT2D eigenvalue weighted by molar-refractivity contribution is -0.151. The maximum atomic E-state index is 12.3. The average molecular weight is 445 g/mol. The highest BCUT2D eigenvalue weighted by atomic mass is 79.9. The second-order valence-electron chi connectivity index (χ2n) is 6.55. The minimum absolute atomic E-state index is 0.0786. The zero-order valence-corrected chi connectivity index (χ0v) is 17.1. The number of anilines is 2. The predicted molar refractivity (Wildman–Crippen MR) is 110 cm³/mol. The second kappa shape index (κ2) is 9.01. The van der Waals surface area contributed by atoms with E-state index < -0.39 is 17.8 Å². The molecule has 1 aliphatic rings. The van der Waals surface area contributed by atoms with E-state index in [1.165, 1.54) is 0 Å². The molecule has 2 aromatic rings. The van der Waals surface area contributed by atoms with Crippen LogP contribution in [0.2, 0.25) is 0 Å². The first-order chi connectivity index (χ1) is 13.5. The zero-order chi connectivity index (χ0) is 20.1. The van der Waals surface area contributed by atoms with E-state index in [0.717, 1.165) is 22.1 Å². The summed E-state index contributed by atoms with van der Waals surface area (Å²) in [7, 11) is 0. The number of hydrogen-bond acceptors (Lipinski definition) is 4. The molecule has 0 aliphatic carbocycles. The molecule has 0 bridgehead atoms. The first-order valence-corrected chi connectivity index (χ1v) is 9.87. The summed E-state index contributed by atoms with van der Waals surface area (Å²) in [5.74, 6) is -1.65. The molecule has 0 radical (unpaired) electrons. The van der Waals surface area contributed by atoms with Crippen LogP contribution in [0.3, 0.4) is 0 Å². The molecule has 0 unspecified atom stereocenters. The van der Waals surface area contributed by atoms with Gasteiger partial charge in [0, 0.05) is 28.8 Å². The summed E-state index contributed by atoms with van der Waals surface area (Å²) >= 11 is 3.36. The first-order valence-electron chi connectivity index (χ1n) is 9.08. The highest BCUT2D eigenvalue weighted by Crippen LogP contribution is 2.27. The van der Waals surface area contributed by atoms with Crippen molar-refractivity contribution in [1.82, 2.24) is 0 Å². The van der Waals surface area contributed by atoms with Crippen LogP contribution in [0.1, 0.15) is 18.9 Å². The molecule has 0 spiro atoms. The Bertz CT molecular complexity index is 882. The number of esters is 1. The first kappa shape index (κ1) is 20.1. The third kappa shape index (κ3) is 4.78. The number of nitrogens with zero attached hydrogens (tertiary/aromatic N) is 1. The standard InChI is InChI=1S/C21H21BrN2O4/c1-2-14-5-3-4-6-18(14)23-19(25)13-28-21(27)15-11-20(26)24(12-15)17-9-7-16(22)8-10-17/h3-10,15H,2,11-13H2,1H3,(H,23,25)/t15-/m1/s1. The van der Waals surface area contributed by atoms with Gasteiger partial charge in [0.2, 0.25) is 5.91 Å². The van der Waals surface area contributed by atoms with E-state index in [0.29, 0.717) is 5.69 Å². The number of halogens is 1.